The molecule has 1 rings (SSSR count). The molecular weight excluding hydrogens is 178 g/mol. The highest BCUT2D eigenvalue weighted by molar-refractivity contribution is 7.87. The molecule has 5 heteroatoms. The molecule has 0 aliphatic carbocycles. The summed E-state index contributed by atoms with van der Waals surface area (Å²) < 4.78 is 27.3. The third-order valence-electron chi connectivity index (χ3n) is 1.90. The summed E-state index contributed by atoms with van der Waals surface area (Å²) in [7, 11) is -3.34. The zero-order valence-corrected chi connectivity index (χ0v) is 8.06. The summed E-state index contributed by atoms with van der Waals surface area (Å²) in [6.07, 6.45) is 2.68. The molecule has 0 aromatic rings. The van der Waals surface area contributed by atoms with Crippen molar-refractivity contribution in [2.24, 2.45) is 0 Å². The fraction of sp³-hybridized carbons (Fsp3) is 1.00. The van der Waals surface area contributed by atoms with Gasteiger partial charge in [-0.15, -0.1) is 0 Å². The van der Waals surface area contributed by atoms with Gasteiger partial charge in [-0.2, -0.15) is 8.42 Å². The lowest BCUT2D eigenvalue weighted by Gasteiger charge is -2.22. The summed E-state index contributed by atoms with van der Waals surface area (Å²) in [5, 5.41) is 2.45. The monoisotopic (exact) mass is 193 g/mol. The summed E-state index contributed by atoms with van der Waals surface area (Å²) in [4.78, 5) is 0. The van der Waals surface area contributed by atoms with Crippen LogP contribution in [0.3, 0.4) is 0 Å². The van der Waals surface area contributed by atoms with Gasteiger partial charge in [-0.05, 0) is 32.7 Å². The van der Waals surface area contributed by atoms with Crippen LogP contribution in [0.25, 0.3) is 0 Å². The van der Waals surface area contributed by atoms with Gasteiger partial charge in [-0.3, -0.25) is 9.50 Å². The molecular formula is C7H15NO3S. The summed E-state index contributed by atoms with van der Waals surface area (Å²) in [6, 6.07) is 0. The minimum Gasteiger partial charge on any atom is -0.299 e. The molecule has 12 heavy (non-hydrogen) atoms. The quantitative estimate of drug-likeness (QED) is 0.661. The molecule has 1 saturated heterocycles. The maximum atomic E-state index is 11.3. The van der Waals surface area contributed by atoms with Gasteiger partial charge in [0.2, 0.25) is 0 Å². The smallest absolute Gasteiger partial charge is 0.283 e. The first-order valence-corrected chi connectivity index (χ1v) is 5.75. The van der Waals surface area contributed by atoms with E-state index in [9.17, 15) is 8.42 Å². The number of rotatable bonds is 3. The highest BCUT2D eigenvalue weighted by Gasteiger charge is 2.26. The Hall–Kier alpha value is -0.130. The minimum absolute atomic E-state index is 0.223. The Balaban J connectivity index is 2.54. The van der Waals surface area contributed by atoms with Crippen molar-refractivity contribution < 1.29 is 12.6 Å². The second-order valence-electron chi connectivity index (χ2n) is 2.84. The molecule has 4 nitrogen and oxygen atoms in total. The van der Waals surface area contributed by atoms with Crippen molar-refractivity contribution in [2.75, 3.05) is 13.2 Å². The van der Waals surface area contributed by atoms with Gasteiger partial charge in [0.1, 0.15) is 5.37 Å². The van der Waals surface area contributed by atoms with Crippen LogP contribution in [0.2, 0.25) is 0 Å². The summed E-state index contributed by atoms with van der Waals surface area (Å²) in [5.41, 5.74) is 0. The average molecular weight is 193 g/mol. The highest BCUT2D eigenvalue weighted by Crippen LogP contribution is 2.13. The van der Waals surface area contributed by atoms with Gasteiger partial charge in [0.05, 0.1) is 6.61 Å². The molecule has 0 amide bonds. The number of hydrogen-bond donors (Lipinski definition) is 1. The Morgan fingerprint density at radius 3 is 2.75 bits per heavy atom. The first-order chi connectivity index (χ1) is 5.67. The molecule has 1 heterocycles. The van der Waals surface area contributed by atoms with E-state index in [4.69, 9.17) is 0 Å². The first-order valence-electron chi connectivity index (χ1n) is 4.28. The number of hydrogen-bond acceptors (Lipinski definition) is 4. The van der Waals surface area contributed by atoms with Crippen LogP contribution in [-0.2, 0) is 14.3 Å². The van der Waals surface area contributed by atoms with E-state index in [1.807, 2.05) is 0 Å². The number of piperidine rings is 1. The molecule has 0 saturated carbocycles. The predicted molar refractivity (Wildman–Crippen MR) is 46.2 cm³/mol. The second-order valence-corrected chi connectivity index (χ2v) is 4.63. The van der Waals surface area contributed by atoms with E-state index in [2.05, 4.69) is 9.50 Å². The zero-order chi connectivity index (χ0) is 9.03. The van der Waals surface area contributed by atoms with Crippen molar-refractivity contribution in [3.8, 4) is 0 Å². The van der Waals surface area contributed by atoms with E-state index in [-0.39, 0.29) is 6.61 Å². The van der Waals surface area contributed by atoms with Crippen molar-refractivity contribution in [3.05, 3.63) is 0 Å². The van der Waals surface area contributed by atoms with Crippen LogP contribution in [-0.4, -0.2) is 26.9 Å². The Labute approximate surface area is 73.4 Å². The summed E-state index contributed by atoms with van der Waals surface area (Å²) >= 11 is 0. The Kier molecular flexibility index (Phi) is 3.49. The lowest BCUT2D eigenvalue weighted by atomic mass is 10.2. The highest BCUT2D eigenvalue weighted by atomic mass is 32.2. The normalized spacial score (nSPS) is 25.6. The summed E-state index contributed by atoms with van der Waals surface area (Å²) in [5.74, 6) is 0. The van der Waals surface area contributed by atoms with Crippen LogP contribution in [0.15, 0.2) is 0 Å². The second kappa shape index (κ2) is 4.20. The molecule has 0 spiro atoms. The Bertz CT molecular complexity index is 219. The Morgan fingerprint density at radius 1 is 1.50 bits per heavy atom. The van der Waals surface area contributed by atoms with Gasteiger partial charge in [0.25, 0.3) is 10.1 Å². The van der Waals surface area contributed by atoms with Crippen LogP contribution in [0.1, 0.15) is 26.2 Å². The fourth-order valence-corrected chi connectivity index (χ4v) is 2.58. The van der Waals surface area contributed by atoms with Gasteiger partial charge in [0, 0.05) is 0 Å². The number of nitrogens with one attached hydrogen (secondary N) is 1. The average Bonchev–Trinajstić information content (AvgIpc) is 2.06. The molecule has 0 aromatic carbocycles. The molecule has 0 bridgehead atoms. The summed E-state index contributed by atoms with van der Waals surface area (Å²) in [6.45, 7) is 2.68. The minimum atomic E-state index is -3.34. The van der Waals surface area contributed by atoms with Crippen molar-refractivity contribution in [3.63, 3.8) is 0 Å². The van der Waals surface area contributed by atoms with E-state index in [0.29, 0.717) is 6.42 Å². The Morgan fingerprint density at radius 2 is 2.25 bits per heavy atom. The molecule has 72 valence electrons. The third kappa shape index (κ3) is 2.43. The van der Waals surface area contributed by atoms with Crippen molar-refractivity contribution in [1.29, 1.82) is 0 Å². The zero-order valence-electron chi connectivity index (χ0n) is 7.25. The van der Waals surface area contributed by atoms with E-state index < -0.39 is 15.5 Å². The molecule has 1 N–H and O–H groups in total. The van der Waals surface area contributed by atoms with Crippen LogP contribution < -0.4 is 5.32 Å². The van der Waals surface area contributed by atoms with Gasteiger partial charge < -0.3 is 0 Å². The maximum Gasteiger partial charge on any atom is 0.283 e. The maximum absolute atomic E-state index is 11.3. The standard InChI is InChI=1S/C7H15NO3S/c1-2-11-12(9,10)7-5-3-4-6-8-7/h7-8H,2-6H2,1H3. The molecule has 1 unspecified atom stereocenters. The topological polar surface area (TPSA) is 55.4 Å². The fourth-order valence-electron chi connectivity index (χ4n) is 1.31. The van der Waals surface area contributed by atoms with Crippen LogP contribution in [0.4, 0.5) is 0 Å². The molecule has 0 radical (unpaired) electrons. The molecule has 1 aliphatic heterocycles. The molecule has 1 fully saturated rings. The molecule has 1 aliphatic rings. The van der Waals surface area contributed by atoms with Crippen LogP contribution >= 0.6 is 0 Å². The SMILES string of the molecule is CCOS(=O)(=O)C1CCCCN1. The van der Waals surface area contributed by atoms with E-state index in [1.165, 1.54) is 0 Å². The third-order valence-corrected chi connectivity index (χ3v) is 3.56. The van der Waals surface area contributed by atoms with Crippen LogP contribution in [0.5, 0.6) is 0 Å². The first kappa shape index (κ1) is 9.95. The molecule has 1 atom stereocenters. The van der Waals surface area contributed by atoms with Gasteiger partial charge in [-0.1, -0.05) is 0 Å². The van der Waals surface area contributed by atoms with Gasteiger partial charge >= 0.3 is 0 Å². The van der Waals surface area contributed by atoms with Crippen LogP contribution in [0, 0.1) is 0 Å². The predicted octanol–water partition coefficient (Wildman–Crippen LogP) is 0.452. The lowest BCUT2D eigenvalue weighted by Crippen LogP contribution is -2.41. The van der Waals surface area contributed by atoms with Gasteiger partial charge in [-0.25, -0.2) is 0 Å². The van der Waals surface area contributed by atoms with E-state index >= 15 is 0 Å². The van der Waals surface area contributed by atoms with Crippen molar-refractivity contribution in [2.45, 2.75) is 31.6 Å². The lowest BCUT2D eigenvalue weighted by molar-refractivity contribution is 0.315. The van der Waals surface area contributed by atoms with Crippen molar-refractivity contribution >= 4 is 10.1 Å². The molecule has 0 aromatic heterocycles. The van der Waals surface area contributed by atoms with Crippen molar-refractivity contribution in [1.82, 2.24) is 5.32 Å². The van der Waals surface area contributed by atoms with Gasteiger partial charge in [0.15, 0.2) is 0 Å². The van der Waals surface area contributed by atoms with E-state index in [0.717, 1.165) is 19.4 Å². The largest absolute Gasteiger partial charge is 0.299 e. The van der Waals surface area contributed by atoms with E-state index in [1.54, 1.807) is 6.92 Å².